The van der Waals surface area contributed by atoms with E-state index in [1.165, 1.54) is 35.7 Å². The van der Waals surface area contributed by atoms with E-state index in [0.717, 1.165) is 23.3 Å². The highest BCUT2D eigenvalue weighted by Gasteiger charge is 2.19. The fraction of sp³-hybridized carbons (Fsp3) is 0.375. The number of benzene rings is 2. The molecule has 100 valence electrons. The first-order valence-electron chi connectivity index (χ1n) is 6.81. The van der Waals surface area contributed by atoms with Crippen molar-refractivity contribution in [2.75, 3.05) is 25.1 Å². The maximum Gasteiger partial charge on any atom is 0.135 e. The van der Waals surface area contributed by atoms with Crippen molar-refractivity contribution in [3.8, 4) is 5.75 Å². The largest absolute Gasteiger partial charge is 0.495 e. The molecule has 0 N–H and O–H groups in total. The zero-order valence-electron chi connectivity index (χ0n) is 11.2. The second kappa shape index (κ2) is 5.41. The average molecular weight is 320 g/mol. The Morgan fingerprint density at radius 2 is 1.84 bits per heavy atom. The minimum absolute atomic E-state index is 0.916. The van der Waals surface area contributed by atoms with Gasteiger partial charge in [0.1, 0.15) is 5.75 Å². The number of hydrogen-bond acceptors (Lipinski definition) is 2. The van der Waals surface area contributed by atoms with Crippen molar-refractivity contribution < 1.29 is 4.74 Å². The summed E-state index contributed by atoms with van der Waals surface area (Å²) in [6.45, 7) is 2.27. The van der Waals surface area contributed by atoms with Crippen molar-refractivity contribution in [2.45, 2.75) is 19.3 Å². The Bertz CT molecular complexity index is 591. The Hall–Kier alpha value is -1.22. The van der Waals surface area contributed by atoms with E-state index in [2.05, 4.69) is 51.2 Å². The lowest BCUT2D eigenvalue weighted by Gasteiger charge is -2.31. The van der Waals surface area contributed by atoms with Gasteiger partial charge in [-0.2, -0.15) is 0 Å². The lowest BCUT2D eigenvalue weighted by atomic mass is 10.0. The molecule has 0 radical (unpaired) electrons. The fourth-order valence-corrected chi connectivity index (χ4v) is 3.59. The SMILES string of the molecule is COc1cc2ccccc2c(N2CCCCC2)c1Br. The van der Waals surface area contributed by atoms with Crippen LogP contribution in [-0.4, -0.2) is 20.2 Å². The van der Waals surface area contributed by atoms with Crippen LogP contribution in [0.25, 0.3) is 10.8 Å². The van der Waals surface area contributed by atoms with E-state index >= 15 is 0 Å². The highest BCUT2D eigenvalue weighted by molar-refractivity contribution is 9.10. The van der Waals surface area contributed by atoms with Gasteiger partial charge in [0, 0.05) is 18.5 Å². The number of anilines is 1. The van der Waals surface area contributed by atoms with E-state index in [4.69, 9.17) is 4.74 Å². The average Bonchev–Trinajstić information content (AvgIpc) is 2.47. The summed E-state index contributed by atoms with van der Waals surface area (Å²) < 4.78 is 6.59. The Labute approximate surface area is 122 Å². The van der Waals surface area contributed by atoms with Crippen molar-refractivity contribution in [3.05, 3.63) is 34.8 Å². The molecule has 0 bridgehead atoms. The van der Waals surface area contributed by atoms with Crippen LogP contribution in [0.3, 0.4) is 0 Å². The molecule has 1 saturated heterocycles. The second-order valence-electron chi connectivity index (χ2n) is 5.01. The Morgan fingerprint density at radius 1 is 1.11 bits per heavy atom. The van der Waals surface area contributed by atoms with E-state index in [1.54, 1.807) is 7.11 Å². The molecule has 1 heterocycles. The van der Waals surface area contributed by atoms with Gasteiger partial charge in [0.05, 0.1) is 17.3 Å². The Kier molecular flexibility index (Phi) is 3.65. The fourth-order valence-electron chi connectivity index (χ4n) is 2.85. The normalized spacial score (nSPS) is 15.8. The van der Waals surface area contributed by atoms with E-state index < -0.39 is 0 Å². The summed E-state index contributed by atoms with van der Waals surface area (Å²) in [5.74, 6) is 0.916. The molecule has 0 unspecified atom stereocenters. The number of hydrogen-bond donors (Lipinski definition) is 0. The van der Waals surface area contributed by atoms with Crippen molar-refractivity contribution in [1.82, 2.24) is 0 Å². The van der Waals surface area contributed by atoms with Gasteiger partial charge in [0.25, 0.3) is 0 Å². The molecular formula is C16H18BrNO. The van der Waals surface area contributed by atoms with Crippen LogP contribution in [-0.2, 0) is 0 Å². The molecule has 0 saturated carbocycles. The van der Waals surface area contributed by atoms with Gasteiger partial charge in [0.15, 0.2) is 0 Å². The minimum atomic E-state index is 0.916. The van der Waals surface area contributed by atoms with E-state index in [1.807, 2.05) is 0 Å². The number of fused-ring (bicyclic) bond motifs is 1. The number of piperidine rings is 1. The Balaban J connectivity index is 2.21. The first-order valence-corrected chi connectivity index (χ1v) is 7.61. The molecule has 2 aromatic carbocycles. The van der Waals surface area contributed by atoms with Gasteiger partial charge in [-0.15, -0.1) is 0 Å². The van der Waals surface area contributed by atoms with Crippen LogP contribution in [0.1, 0.15) is 19.3 Å². The van der Waals surface area contributed by atoms with E-state index in [0.29, 0.717) is 0 Å². The van der Waals surface area contributed by atoms with Crippen molar-refractivity contribution >= 4 is 32.4 Å². The second-order valence-corrected chi connectivity index (χ2v) is 5.80. The minimum Gasteiger partial charge on any atom is -0.495 e. The third kappa shape index (κ3) is 2.32. The zero-order valence-corrected chi connectivity index (χ0v) is 12.7. The van der Waals surface area contributed by atoms with Crippen molar-refractivity contribution in [1.29, 1.82) is 0 Å². The number of halogens is 1. The smallest absolute Gasteiger partial charge is 0.135 e. The molecule has 3 heteroatoms. The van der Waals surface area contributed by atoms with Gasteiger partial charge >= 0.3 is 0 Å². The lowest BCUT2D eigenvalue weighted by Crippen LogP contribution is -2.29. The maximum absolute atomic E-state index is 5.51. The third-order valence-corrected chi connectivity index (χ3v) is 4.59. The first kappa shape index (κ1) is 12.8. The molecular weight excluding hydrogens is 302 g/mol. The number of ether oxygens (including phenoxy) is 1. The monoisotopic (exact) mass is 319 g/mol. The van der Waals surface area contributed by atoms with Crippen molar-refractivity contribution in [3.63, 3.8) is 0 Å². The molecule has 0 atom stereocenters. The highest BCUT2D eigenvalue weighted by atomic mass is 79.9. The Morgan fingerprint density at radius 3 is 2.58 bits per heavy atom. The predicted octanol–water partition coefficient (Wildman–Crippen LogP) is 4.60. The summed E-state index contributed by atoms with van der Waals surface area (Å²) in [5.41, 5.74) is 1.29. The molecule has 0 aromatic heterocycles. The molecule has 0 aliphatic carbocycles. The van der Waals surface area contributed by atoms with Gasteiger partial charge < -0.3 is 9.64 Å². The summed E-state index contributed by atoms with van der Waals surface area (Å²) in [6.07, 6.45) is 3.89. The molecule has 3 rings (SSSR count). The van der Waals surface area contributed by atoms with Gasteiger partial charge in [-0.3, -0.25) is 0 Å². The van der Waals surface area contributed by atoms with Gasteiger partial charge in [-0.25, -0.2) is 0 Å². The summed E-state index contributed by atoms with van der Waals surface area (Å²) in [7, 11) is 1.73. The molecule has 0 spiro atoms. The van der Waals surface area contributed by atoms with Crippen LogP contribution < -0.4 is 9.64 Å². The number of rotatable bonds is 2. The maximum atomic E-state index is 5.51. The summed E-state index contributed by atoms with van der Waals surface area (Å²) >= 11 is 3.73. The van der Waals surface area contributed by atoms with E-state index in [9.17, 15) is 0 Å². The lowest BCUT2D eigenvalue weighted by molar-refractivity contribution is 0.412. The van der Waals surface area contributed by atoms with Crippen LogP contribution in [0.5, 0.6) is 5.75 Å². The van der Waals surface area contributed by atoms with Crippen LogP contribution in [0, 0.1) is 0 Å². The summed E-state index contributed by atoms with van der Waals surface area (Å²) in [6, 6.07) is 10.6. The standard InChI is InChI=1S/C16H18BrNO/c1-19-14-11-12-7-3-4-8-13(12)16(15(14)17)18-9-5-2-6-10-18/h3-4,7-8,11H,2,5-6,9-10H2,1H3. The summed E-state index contributed by atoms with van der Waals surface area (Å²) in [5, 5.41) is 2.54. The predicted molar refractivity (Wildman–Crippen MR) is 84.3 cm³/mol. The summed E-state index contributed by atoms with van der Waals surface area (Å²) in [4.78, 5) is 2.48. The molecule has 2 aromatic rings. The van der Waals surface area contributed by atoms with Crippen LogP contribution >= 0.6 is 15.9 Å². The highest BCUT2D eigenvalue weighted by Crippen LogP contribution is 2.42. The van der Waals surface area contributed by atoms with Crippen LogP contribution in [0.2, 0.25) is 0 Å². The topological polar surface area (TPSA) is 12.5 Å². The number of nitrogens with zero attached hydrogens (tertiary/aromatic N) is 1. The first-order chi connectivity index (χ1) is 9.31. The third-order valence-electron chi connectivity index (χ3n) is 3.82. The van der Waals surface area contributed by atoms with Crippen LogP contribution in [0.4, 0.5) is 5.69 Å². The molecule has 1 fully saturated rings. The molecule has 2 nitrogen and oxygen atoms in total. The van der Waals surface area contributed by atoms with Crippen molar-refractivity contribution in [2.24, 2.45) is 0 Å². The van der Waals surface area contributed by atoms with E-state index in [-0.39, 0.29) is 0 Å². The molecule has 0 amide bonds. The van der Waals surface area contributed by atoms with Crippen LogP contribution in [0.15, 0.2) is 34.8 Å². The molecule has 19 heavy (non-hydrogen) atoms. The van der Waals surface area contributed by atoms with Gasteiger partial charge in [-0.1, -0.05) is 24.3 Å². The molecule has 1 aliphatic rings. The number of methoxy groups -OCH3 is 1. The zero-order chi connectivity index (χ0) is 13.2. The van der Waals surface area contributed by atoms with Gasteiger partial charge in [-0.05, 0) is 46.6 Å². The van der Waals surface area contributed by atoms with Gasteiger partial charge in [0.2, 0.25) is 0 Å². The molecule has 1 aliphatic heterocycles. The quantitative estimate of drug-likeness (QED) is 0.802.